The average Bonchev–Trinajstić information content (AvgIpc) is 2.42. The van der Waals surface area contributed by atoms with E-state index in [9.17, 15) is 4.79 Å². The van der Waals surface area contributed by atoms with Gasteiger partial charge in [0.05, 0.1) is 11.9 Å². The Morgan fingerprint density at radius 3 is 2.68 bits per heavy atom. The first kappa shape index (κ1) is 12.9. The minimum absolute atomic E-state index is 0.242. The molecule has 1 heterocycles. The van der Waals surface area contributed by atoms with Crippen molar-refractivity contribution in [1.29, 1.82) is 0 Å². The van der Waals surface area contributed by atoms with Gasteiger partial charge in [-0.2, -0.15) is 0 Å². The van der Waals surface area contributed by atoms with E-state index in [1.165, 1.54) is 0 Å². The highest BCUT2D eigenvalue weighted by atomic mass is 16.3. The van der Waals surface area contributed by atoms with Gasteiger partial charge in [-0.15, -0.1) is 0 Å². The summed E-state index contributed by atoms with van der Waals surface area (Å²) in [6, 6.07) is 10.2. The number of benzene rings is 1. The number of hydrogen-bond donors (Lipinski definition) is 3. The maximum Gasteiger partial charge on any atom is 0.319 e. The lowest BCUT2D eigenvalue weighted by atomic mass is 10.1. The number of carbonyl (C=O) groups is 1. The van der Waals surface area contributed by atoms with Gasteiger partial charge in [0.25, 0.3) is 0 Å². The maximum atomic E-state index is 11.6. The van der Waals surface area contributed by atoms with E-state index < -0.39 is 0 Å². The highest BCUT2D eigenvalue weighted by Gasteiger charge is 2.01. The summed E-state index contributed by atoms with van der Waals surface area (Å²) in [5.41, 5.74) is 1.71. The number of nitrogens with zero attached hydrogens (tertiary/aromatic N) is 1. The van der Waals surface area contributed by atoms with Crippen LogP contribution >= 0.6 is 0 Å². The molecule has 0 saturated carbocycles. The van der Waals surface area contributed by atoms with Crippen molar-refractivity contribution in [3.63, 3.8) is 0 Å². The number of nitrogens with one attached hydrogen (secondary N) is 2. The van der Waals surface area contributed by atoms with Crippen LogP contribution < -0.4 is 10.6 Å². The molecule has 0 aliphatic carbocycles. The molecule has 0 atom stereocenters. The monoisotopic (exact) mass is 257 g/mol. The highest BCUT2D eigenvalue weighted by Crippen LogP contribution is 2.09. The molecule has 5 heteroatoms. The molecule has 2 rings (SSSR count). The third-order valence-corrected chi connectivity index (χ3v) is 2.55. The van der Waals surface area contributed by atoms with Crippen LogP contribution in [0.4, 0.5) is 10.5 Å². The molecule has 3 N–H and O–H groups in total. The second-order valence-electron chi connectivity index (χ2n) is 4.04. The molecular weight excluding hydrogens is 242 g/mol. The van der Waals surface area contributed by atoms with Gasteiger partial charge in [0.2, 0.25) is 0 Å². The zero-order chi connectivity index (χ0) is 13.5. The molecule has 1 aromatic carbocycles. The molecule has 0 fully saturated rings. The molecule has 0 bridgehead atoms. The summed E-state index contributed by atoms with van der Waals surface area (Å²) in [6.07, 6.45) is 3.94. The third-order valence-electron chi connectivity index (χ3n) is 2.55. The fraction of sp³-hybridized carbons (Fsp3) is 0.143. The van der Waals surface area contributed by atoms with Crippen LogP contribution in [0.3, 0.4) is 0 Å². The first-order chi connectivity index (χ1) is 9.24. The zero-order valence-corrected chi connectivity index (χ0v) is 10.3. The zero-order valence-electron chi connectivity index (χ0n) is 10.3. The summed E-state index contributed by atoms with van der Waals surface area (Å²) in [5, 5.41) is 14.6. The van der Waals surface area contributed by atoms with E-state index in [2.05, 4.69) is 15.6 Å². The van der Waals surface area contributed by atoms with Gasteiger partial charge >= 0.3 is 6.03 Å². The molecule has 0 unspecified atom stereocenters. The van der Waals surface area contributed by atoms with Crippen LogP contribution in [0.5, 0.6) is 5.75 Å². The molecule has 0 spiro atoms. The maximum absolute atomic E-state index is 11.6. The second-order valence-corrected chi connectivity index (χ2v) is 4.04. The van der Waals surface area contributed by atoms with Gasteiger partial charge in [0.1, 0.15) is 5.75 Å². The Balaban J connectivity index is 1.74. The number of rotatable bonds is 4. The van der Waals surface area contributed by atoms with E-state index in [4.69, 9.17) is 5.11 Å². The van der Waals surface area contributed by atoms with E-state index in [1.807, 2.05) is 12.1 Å². The fourth-order valence-electron chi connectivity index (χ4n) is 1.59. The van der Waals surface area contributed by atoms with E-state index >= 15 is 0 Å². The van der Waals surface area contributed by atoms with Crippen molar-refractivity contribution in [2.45, 2.75) is 6.42 Å². The summed E-state index contributed by atoms with van der Waals surface area (Å²) in [5.74, 6) is 0.242. The van der Waals surface area contributed by atoms with E-state index in [0.29, 0.717) is 18.7 Å². The smallest absolute Gasteiger partial charge is 0.319 e. The lowest BCUT2D eigenvalue weighted by molar-refractivity contribution is 0.252. The lowest BCUT2D eigenvalue weighted by Crippen LogP contribution is -2.30. The number of urea groups is 1. The number of anilines is 1. The Bertz CT molecular complexity index is 526. The van der Waals surface area contributed by atoms with Crippen molar-refractivity contribution in [3.8, 4) is 5.75 Å². The largest absolute Gasteiger partial charge is 0.508 e. The molecule has 0 aliphatic rings. The number of amides is 2. The molecule has 5 nitrogen and oxygen atoms in total. The molecule has 19 heavy (non-hydrogen) atoms. The molecule has 2 amide bonds. The van der Waals surface area contributed by atoms with Crippen LogP contribution in [0, 0.1) is 0 Å². The fourth-order valence-corrected chi connectivity index (χ4v) is 1.59. The lowest BCUT2D eigenvalue weighted by Gasteiger charge is -2.07. The van der Waals surface area contributed by atoms with E-state index in [1.54, 1.807) is 36.7 Å². The number of carbonyl (C=O) groups excluding carboxylic acids is 1. The highest BCUT2D eigenvalue weighted by molar-refractivity contribution is 5.88. The van der Waals surface area contributed by atoms with Crippen molar-refractivity contribution in [2.24, 2.45) is 0 Å². The second kappa shape index (κ2) is 6.39. The first-order valence-electron chi connectivity index (χ1n) is 5.97. The number of aromatic nitrogens is 1. The predicted molar refractivity (Wildman–Crippen MR) is 73.1 cm³/mol. The van der Waals surface area contributed by atoms with Crippen LogP contribution in [0.1, 0.15) is 5.56 Å². The number of hydrogen-bond acceptors (Lipinski definition) is 3. The van der Waals surface area contributed by atoms with Gasteiger partial charge in [-0.25, -0.2) is 4.79 Å². The Kier molecular flexibility index (Phi) is 4.34. The quantitative estimate of drug-likeness (QED) is 0.785. The van der Waals surface area contributed by atoms with Crippen molar-refractivity contribution in [3.05, 3.63) is 54.4 Å². The summed E-state index contributed by atoms with van der Waals surface area (Å²) in [4.78, 5) is 15.5. The summed E-state index contributed by atoms with van der Waals surface area (Å²) >= 11 is 0. The van der Waals surface area contributed by atoms with Crippen LogP contribution in [-0.4, -0.2) is 22.7 Å². The Morgan fingerprint density at radius 2 is 2.00 bits per heavy atom. The molecule has 0 saturated heterocycles. The third kappa shape index (κ3) is 4.31. The number of phenols is 1. The molecule has 0 radical (unpaired) electrons. The summed E-state index contributed by atoms with van der Waals surface area (Å²) < 4.78 is 0. The molecule has 2 aromatic rings. The Hall–Kier alpha value is -2.56. The van der Waals surface area contributed by atoms with Crippen molar-refractivity contribution in [1.82, 2.24) is 10.3 Å². The normalized spacial score (nSPS) is 9.89. The van der Waals surface area contributed by atoms with Crippen LogP contribution in [0.2, 0.25) is 0 Å². The van der Waals surface area contributed by atoms with Gasteiger partial charge in [-0.1, -0.05) is 12.1 Å². The van der Waals surface area contributed by atoms with Gasteiger partial charge in [-0.3, -0.25) is 4.98 Å². The number of phenolic OH excluding ortho intramolecular Hbond substituents is 1. The number of aromatic hydroxyl groups is 1. The van der Waals surface area contributed by atoms with Crippen LogP contribution in [0.15, 0.2) is 48.8 Å². The minimum atomic E-state index is -0.258. The van der Waals surface area contributed by atoms with Crippen molar-refractivity contribution >= 4 is 11.7 Å². The van der Waals surface area contributed by atoms with Crippen molar-refractivity contribution in [2.75, 3.05) is 11.9 Å². The molecular formula is C14H15N3O2. The van der Waals surface area contributed by atoms with Gasteiger partial charge in [-0.05, 0) is 36.2 Å². The predicted octanol–water partition coefficient (Wildman–Crippen LogP) is 2.15. The Morgan fingerprint density at radius 1 is 1.21 bits per heavy atom. The standard InChI is InChI=1S/C14H15N3O2/c18-13-5-3-11(4-6-13)7-9-16-14(19)17-12-2-1-8-15-10-12/h1-6,8,10,18H,7,9H2,(H2,16,17,19). The molecule has 98 valence electrons. The first-order valence-corrected chi connectivity index (χ1v) is 5.97. The average molecular weight is 257 g/mol. The minimum Gasteiger partial charge on any atom is -0.508 e. The SMILES string of the molecule is O=C(NCCc1ccc(O)cc1)Nc1cccnc1. The van der Waals surface area contributed by atoms with Crippen LogP contribution in [0.25, 0.3) is 0 Å². The van der Waals surface area contributed by atoms with Crippen molar-refractivity contribution < 1.29 is 9.90 Å². The van der Waals surface area contributed by atoms with E-state index in [0.717, 1.165) is 5.56 Å². The molecule has 1 aromatic heterocycles. The molecule has 0 aliphatic heterocycles. The Labute approximate surface area is 111 Å². The summed E-state index contributed by atoms with van der Waals surface area (Å²) in [6.45, 7) is 0.525. The van der Waals surface area contributed by atoms with E-state index in [-0.39, 0.29) is 11.8 Å². The van der Waals surface area contributed by atoms with Gasteiger partial charge in [0.15, 0.2) is 0 Å². The van der Waals surface area contributed by atoms with Crippen LogP contribution in [-0.2, 0) is 6.42 Å². The van der Waals surface area contributed by atoms with Gasteiger partial charge in [0, 0.05) is 12.7 Å². The number of pyridine rings is 1. The van der Waals surface area contributed by atoms with Gasteiger partial charge < -0.3 is 15.7 Å². The topological polar surface area (TPSA) is 74.2 Å². The summed E-state index contributed by atoms with van der Waals surface area (Å²) in [7, 11) is 0.